The molecule has 0 amide bonds. The van der Waals surface area contributed by atoms with Crippen LogP contribution in [0.2, 0.25) is 0 Å². The second-order valence-electron chi connectivity index (χ2n) is 4.29. The van der Waals surface area contributed by atoms with Crippen LogP contribution in [0.25, 0.3) is 0 Å². The number of hydrogen-bond acceptors (Lipinski definition) is 2. The van der Waals surface area contributed by atoms with Crippen LogP contribution in [0.4, 0.5) is 0 Å². The maximum absolute atomic E-state index is 10.2. The molecule has 1 aromatic carbocycles. The monoisotopic (exact) mass is 231 g/mol. The van der Waals surface area contributed by atoms with E-state index < -0.39 is 6.10 Å². The van der Waals surface area contributed by atoms with E-state index in [1.807, 2.05) is 44.2 Å². The molecule has 0 bridgehead atoms. The summed E-state index contributed by atoms with van der Waals surface area (Å²) in [5, 5.41) is 10.2. The van der Waals surface area contributed by atoms with Crippen LogP contribution in [0.5, 0.6) is 5.75 Å². The smallest absolute Gasteiger partial charge is 0.120 e. The number of rotatable bonds is 4. The summed E-state index contributed by atoms with van der Waals surface area (Å²) >= 11 is 0. The average Bonchev–Trinajstić information content (AvgIpc) is 2.81. The molecule has 2 rings (SSSR count). The van der Waals surface area contributed by atoms with E-state index in [0.717, 1.165) is 16.9 Å². The van der Waals surface area contributed by atoms with Crippen LogP contribution >= 0.6 is 0 Å². The predicted octanol–water partition coefficient (Wildman–Crippen LogP) is 2.88. The number of H-pyrrole nitrogens is 1. The highest BCUT2D eigenvalue weighted by Crippen LogP contribution is 2.25. The Labute approximate surface area is 101 Å². The Morgan fingerprint density at radius 2 is 2.00 bits per heavy atom. The van der Waals surface area contributed by atoms with Gasteiger partial charge in [0, 0.05) is 18.0 Å². The molecule has 3 nitrogen and oxygen atoms in total. The van der Waals surface area contributed by atoms with E-state index in [2.05, 4.69) is 4.98 Å². The standard InChI is InChI=1S/C14H17NO2/c1-10(2)17-13-5-3-4-11(8-13)14(16)12-6-7-15-9-12/h3-10,14-16H,1-2H3. The van der Waals surface area contributed by atoms with Crippen molar-refractivity contribution in [1.82, 2.24) is 4.98 Å². The largest absolute Gasteiger partial charge is 0.491 e. The molecule has 0 aliphatic carbocycles. The zero-order valence-electron chi connectivity index (χ0n) is 10.1. The van der Waals surface area contributed by atoms with Gasteiger partial charge in [-0.05, 0) is 37.6 Å². The van der Waals surface area contributed by atoms with Crippen LogP contribution in [-0.2, 0) is 0 Å². The van der Waals surface area contributed by atoms with Crippen molar-refractivity contribution >= 4 is 0 Å². The SMILES string of the molecule is CC(C)Oc1cccc(C(O)c2cc[nH]c2)c1. The highest BCUT2D eigenvalue weighted by molar-refractivity contribution is 5.34. The fourth-order valence-corrected chi connectivity index (χ4v) is 1.73. The second kappa shape index (κ2) is 5.06. The molecule has 17 heavy (non-hydrogen) atoms. The molecule has 1 atom stereocenters. The highest BCUT2D eigenvalue weighted by Gasteiger charge is 2.11. The number of ether oxygens (including phenoxy) is 1. The first kappa shape index (κ1) is 11.7. The molecule has 3 heteroatoms. The van der Waals surface area contributed by atoms with Gasteiger partial charge in [-0.2, -0.15) is 0 Å². The highest BCUT2D eigenvalue weighted by atomic mass is 16.5. The minimum atomic E-state index is -0.614. The molecule has 0 aliphatic heterocycles. The molecule has 0 saturated heterocycles. The Kier molecular flexibility index (Phi) is 3.49. The van der Waals surface area contributed by atoms with Crippen LogP contribution in [0, 0.1) is 0 Å². The molecule has 1 aromatic heterocycles. The lowest BCUT2D eigenvalue weighted by Crippen LogP contribution is -2.06. The van der Waals surface area contributed by atoms with Crippen LogP contribution in [-0.4, -0.2) is 16.2 Å². The molecule has 2 aromatic rings. The molecule has 2 N–H and O–H groups in total. The van der Waals surface area contributed by atoms with Crippen molar-refractivity contribution < 1.29 is 9.84 Å². The van der Waals surface area contributed by atoms with E-state index in [9.17, 15) is 5.11 Å². The third-order valence-electron chi connectivity index (χ3n) is 2.48. The van der Waals surface area contributed by atoms with E-state index in [0.29, 0.717) is 0 Å². The molecule has 90 valence electrons. The van der Waals surface area contributed by atoms with Crippen molar-refractivity contribution in [1.29, 1.82) is 0 Å². The summed E-state index contributed by atoms with van der Waals surface area (Å²) in [7, 11) is 0. The summed E-state index contributed by atoms with van der Waals surface area (Å²) in [4.78, 5) is 2.94. The lowest BCUT2D eigenvalue weighted by Gasteiger charge is -2.13. The molecule has 0 saturated carbocycles. The molecular weight excluding hydrogens is 214 g/mol. The third-order valence-corrected chi connectivity index (χ3v) is 2.48. The van der Waals surface area contributed by atoms with Crippen molar-refractivity contribution in [3.05, 3.63) is 53.9 Å². The van der Waals surface area contributed by atoms with Gasteiger partial charge in [0.15, 0.2) is 0 Å². The Morgan fingerprint density at radius 3 is 2.65 bits per heavy atom. The number of aromatic amines is 1. The van der Waals surface area contributed by atoms with Crippen LogP contribution in [0.15, 0.2) is 42.7 Å². The third kappa shape index (κ3) is 2.88. The van der Waals surface area contributed by atoms with E-state index >= 15 is 0 Å². The zero-order valence-corrected chi connectivity index (χ0v) is 10.1. The van der Waals surface area contributed by atoms with Gasteiger partial charge in [-0.3, -0.25) is 0 Å². The Balaban J connectivity index is 2.21. The van der Waals surface area contributed by atoms with E-state index in [-0.39, 0.29) is 6.10 Å². The second-order valence-corrected chi connectivity index (χ2v) is 4.29. The molecule has 1 unspecified atom stereocenters. The summed E-state index contributed by atoms with van der Waals surface area (Å²) < 4.78 is 5.60. The van der Waals surface area contributed by atoms with Gasteiger partial charge >= 0.3 is 0 Å². The quantitative estimate of drug-likeness (QED) is 0.849. The molecule has 1 heterocycles. The van der Waals surface area contributed by atoms with Gasteiger partial charge in [0.05, 0.1) is 6.10 Å². The summed E-state index contributed by atoms with van der Waals surface area (Å²) in [5.41, 5.74) is 1.69. The first-order chi connectivity index (χ1) is 8.16. The van der Waals surface area contributed by atoms with Crippen molar-refractivity contribution in [2.24, 2.45) is 0 Å². The minimum Gasteiger partial charge on any atom is -0.491 e. The van der Waals surface area contributed by atoms with Gasteiger partial charge in [0.2, 0.25) is 0 Å². The maximum Gasteiger partial charge on any atom is 0.120 e. The normalized spacial score (nSPS) is 12.7. The number of hydrogen-bond donors (Lipinski definition) is 2. The van der Waals surface area contributed by atoms with Crippen LogP contribution < -0.4 is 4.74 Å². The van der Waals surface area contributed by atoms with E-state index in [1.54, 1.807) is 12.4 Å². The fraction of sp³-hybridized carbons (Fsp3) is 0.286. The summed E-state index contributed by atoms with van der Waals surface area (Å²) in [5.74, 6) is 0.784. The van der Waals surface area contributed by atoms with Gasteiger partial charge in [-0.15, -0.1) is 0 Å². The number of nitrogens with one attached hydrogen (secondary N) is 1. The maximum atomic E-state index is 10.2. The topological polar surface area (TPSA) is 45.2 Å². The van der Waals surface area contributed by atoms with Crippen molar-refractivity contribution in [2.45, 2.75) is 26.1 Å². The Morgan fingerprint density at radius 1 is 1.18 bits per heavy atom. The summed E-state index contributed by atoms with van der Waals surface area (Å²) in [6.07, 6.45) is 3.11. The zero-order chi connectivity index (χ0) is 12.3. The van der Waals surface area contributed by atoms with E-state index in [1.165, 1.54) is 0 Å². The first-order valence-electron chi connectivity index (χ1n) is 5.74. The lowest BCUT2D eigenvalue weighted by molar-refractivity contribution is 0.216. The molecular formula is C14H17NO2. The summed E-state index contributed by atoms with van der Waals surface area (Å²) in [6.45, 7) is 3.96. The number of aliphatic hydroxyl groups excluding tert-OH is 1. The molecule has 0 fully saturated rings. The molecule has 0 aliphatic rings. The van der Waals surface area contributed by atoms with Gasteiger partial charge in [0.1, 0.15) is 11.9 Å². The fourth-order valence-electron chi connectivity index (χ4n) is 1.73. The predicted molar refractivity (Wildman–Crippen MR) is 67.1 cm³/mol. The van der Waals surface area contributed by atoms with Crippen molar-refractivity contribution in [3.63, 3.8) is 0 Å². The molecule has 0 spiro atoms. The summed E-state index contributed by atoms with van der Waals surface area (Å²) in [6, 6.07) is 9.42. The van der Waals surface area contributed by atoms with E-state index in [4.69, 9.17) is 4.74 Å². The Bertz CT molecular complexity index is 463. The average molecular weight is 231 g/mol. The van der Waals surface area contributed by atoms with Crippen molar-refractivity contribution in [2.75, 3.05) is 0 Å². The number of aliphatic hydroxyl groups is 1. The van der Waals surface area contributed by atoms with Gasteiger partial charge < -0.3 is 14.8 Å². The Hall–Kier alpha value is -1.74. The van der Waals surface area contributed by atoms with Gasteiger partial charge in [-0.1, -0.05) is 12.1 Å². The van der Waals surface area contributed by atoms with Gasteiger partial charge in [0.25, 0.3) is 0 Å². The van der Waals surface area contributed by atoms with Gasteiger partial charge in [-0.25, -0.2) is 0 Å². The van der Waals surface area contributed by atoms with Crippen LogP contribution in [0.1, 0.15) is 31.1 Å². The lowest BCUT2D eigenvalue weighted by atomic mass is 10.0. The van der Waals surface area contributed by atoms with Crippen LogP contribution in [0.3, 0.4) is 0 Å². The number of benzene rings is 1. The van der Waals surface area contributed by atoms with Crippen molar-refractivity contribution in [3.8, 4) is 5.75 Å². The minimum absolute atomic E-state index is 0.134. The number of aromatic nitrogens is 1. The molecule has 0 radical (unpaired) electrons. The first-order valence-corrected chi connectivity index (χ1v) is 5.74.